The van der Waals surface area contributed by atoms with Crippen LogP contribution in [0, 0.1) is 0 Å². The van der Waals surface area contributed by atoms with Gasteiger partial charge in [0, 0.05) is 43.0 Å². The van der Waals surface area contributed by atoms with Crippen molar-refractivity contribution in [2.45, 2.75) is 32.7 Å². The first-order valence-corrected chi connectivity index (χ1v) is 12.0. The number of pyridine rings is 2. The SMILES string of the molecule is CCn1cc(C(=O)O)c(=O)c2ccc(Cc3ccccc3)nc21.Nc1ccc(NC(=O)CCC(=O)O)c(O)c1. The Balaban J connectivity index is 0.000000231. The number of aryl methyl sites for hydroxylation is 1. The van der Waals surface area contributed by atoms with Crippen LogP contribution < -0.4 is 16.5 Å². The standard InChI is InChI=1S/C18H16N2O3.C10H12N2O4/c1-2-20-11-15(18(22)23)16(21)14-9-8-13(19-17(14)20)10-12-6-4-3-5-7-12;11-6-1-2-7(8(13)5-6)12-9(14)3-4-10(15)16/h3-9,11H,2,10H2,1H3,(H,22,23);1-2,5,13H,3-4,11H2,(H,12,14)(H,15,16). The molecule has 0 spiro atoms. The van der Waals surface area contributed by atoms with E-state index in [-0.39, 0.29) is 29.8 Å². The molecule has 39 heavy (non-hydrogen) atoms. The van der Waals surface area contributed by atoms with E-state index in [1.54, 1.807) is 16.7 Å². The van der Waals surface area contributed by atoms with Crippen molar-refractivity contribution in [3.63, 3.8) is 0 Å². The van der Waals surface area contributed by atoms with E-state index in [1.807, 2.05) is 37.3 Å². The van der Waals surface area contributed by atoms with Crippen LogP contribution in [0.3, 0.4) is 0 Å². The van der Waals surface area contributed by atoms with Crippen molar-refractivity contribution in [3.8, 4) is 5.75 Å². The van der Waals surface area contributed by atoms with Gasteiger partial charge in [-0.25, -0.2) is 9.78 Å². The first-order valence-electron chi connectivity index (χ1n) is 12.0. The molecule has 2 heterocycles. The van der Waals surface area contributed by atoms with Crippen LogP contribution in [0.1, 0.15) is 41.4 Å². The number of amides is 1. The molecule has 2 aromatic heterocycles. The lowest BCUT2D eigenvalue weighted by atomic mass is 10.1. The number of aromatic nitrogens is 2. The van der Waals surface area contributed by atoms with Gasteiger partial charge in [0.05, 0.1) is 17.5 Å². The van der Waals surface area contributed by atoms with Gasteiger partial charge >= 0.3 is 11.9 Å². The number of benzene rings is 2. The maximum Gasteiger partial charge on any atom is 0.341 e. The van der Waals surface area contributed by atoms with Crippen LogP contribution in [0.25, 0.3) is 11.0 Å². The second kappa shape index (κ2) is 12.9. The van der Waals surface area contributed by atoms with Crippen molar-refractivity contribution in [1.29, 1.82) is 0 Å². The highest BCUT2D eigenvalue weighted by Crippen LogP contribution is 2.25. The summed E-state index contributed by atoms with van der Waals surface area (Å²) in [6, 6.07) is 17.7. The summed E-state index contributed by atoms with van der Waals surface area (Å²) in [6.45, 7) is 2.43. The predicted molar refractivity (Wildman–Crippen MR) is 146 cm³/mol. The summed E-state index contributed by atoms with van der Waals surface area (Å²) in [5, 5.41) is 29.7. The van der Waals surface area contributed by atoms with Crippen molar-refractivity contribution >= 4 is 40.3 Å². The van der Waals surface area contributed by atoms with E-state index in [2.05, 4.69) is 10.3 Å². The van der Waals surface area contributed by atoms with Crippen molar-refractivity contribution < 1.29 is 29.7 Å². The van der Waals surface area contributed by atoms with Crippen molar-refractivity contribution in [1.82, 2.24) is 9.55 Å². The number of hydrogen-bond acceptors (Lipinski definition) is 7. The van der Waals surface area contributed by atoms with E-state index in [4.69, 9.17) is 15.9 Å². The lowest BCUT2D eigenvalue weighted by Gasteiger charge is -2.10. The third-order valence-electron chi connectivity index (χ3n) is 5.64. The molecule has 11 heteroatoms. The second-order valence-electron chi connectivity index (χ2n) is 8.52. The number of fused-ring (bicyclic) bond motifs is 1. The van der Waals surface area contributed by atoms with E-state index >= 15 is 0 Å². The molecule has 202 valence electrons. The second-order valence-corrected chi connectivity index (χ2v) is 8.52. The van der Waals surface area contributed by atoms with Crippen molar-refractivity contribution in [2.75, 3.05) is 11.1 Å². The number of aromatic carboxylic acids is 1. The smallest absolute Gasteiger partial charge is 0.341 e. The molecule has 4 rings (SSSR count). The molecule has 0 atom stereocenters. The zero-order chi connectivity index (χ0) is 28.5. The van der Waals surface area contributed by atoms with Crippen LogP contribution in [-0.2, 0) is 22.6 Å². The molecule has 4 aromatic rings. The Bertz CT molecular complexity index is 1570. The van der Waals surface area contributed by atoms with Crippen LogP contribution in [0.2, 0.25) is 0 Å². The van der Waals surface area contributed by atoms with Gasteiger partial charge in [0.2, 0.25) is 11.3 Å². The van der Waals surface area contributed by atoms with Gasteiger partial charge in [-0.15, -0.1) is 0 Å². The van der Waals surface area contributed by atoms with Crippen LogP contribution in [0.4, 0.5) is 11.4 Å². The van der Waals surface area contributed by atoms with Crippen molar-refractivity contribution in [3.05, 3.63) is 93.9 Å². The van der Waals surface area contributed by atoms with Crippen molar-refractivity contribution in [2.24, 2.45) is 0 Å². The molecule has 0 saturated heterocycles. The topological polar surface area (TPSA) is 185 Å². The monoisotopic (exact) mass is 532 g/mol. The minimum Gasteiger partial charge on any atom is -0.506 e. The number of nitrogen functional groups attached to an aromatic ring is 1. The summed E-state index contributed by atoms with van der Waals surface area (Å²) in [5.74, 6) is -2.88. The zero-order valence-electron chi connectivity index (χ0n) is 21.1. The fourth-order valence-corrected chi connectivity index (χ4v) is 3.69. The van der Waals surface area contributed by atoms with Gasteiger partial charge in [-0.2, -0.15) is 0 Å². The number of carboxylic acids is 2. The number of carbonyl (C=O) groups excluding carboxylic acids is 1. The van der Waals surface area contributed by atoms with Crippen LogP contribution in [0.15, 0.2) is 71.7 Å². The average molecular weight is 533 g/mol. The fourth-order valence-electron chi connectivity index (χ4n) is 3.69. The number of aliphatic carboxylic acids is 1. The largest absolute Gasteiger partial charge is 0.506 e. The molecule has 2 aromatic carbocycles. The molecule has 0 aliphatic heterocycles. The number of carboxylic acid groups (broad SMARTS) is 2. The highest BCUT2D eigenvalue weighted by Gasteiger charge is 2.15. The Labute approximate surface area is 223 Å². The molecular formula is C28H28N4O7. The summed E-state index contributed by atoms with van der Waals surface area (Å²) in [7, 11) is 0. The van der Waals surface area contributed by atoms with Gasteiger partial charge in [-0.1, -0.05) is 30.3 Å². The fraction of sp³-hybridized carbons (Fsp3) is 0.179. The Morgan fingerprint density at radius 2 is 1.72 bits per heavy atom. The number of hydrogen-bond donors (Lipinski definition) is 5. The zero-order valence-corrected chi connectivity index (χ0v) is 21.1. The van der Waals surface area contributed by atoms with E-state index in [0.717, 1.165) is 11.3 Å². The third kappa shape index (κ3) is 7.65. The predicted octanol–water partition coefficient (Wildman–Crippen LogP) is 3.48. The quantitative estimate of drug-likeness (QED) is 0.167. The molecule has 11 nitrogen and oxygen atoms in total. The molecule has 0 radical (unpaired) electrons. The Morgan fingerprint density at radius 1 is 1.00 bits per heavy atom. The highest BCUT2D eigenvalue weighted by atomic mass is 16.4. The van der Waals surface area contributed by atoms with Crippen LogP contribution >= 0.6 is 0 Å². The number of anilines is 2. The van der Waals surface area contributed by atoms with Crippen LogP contribution in [-0.4, -0.2) is 42.7 Å². The molecule has 0 bridgehead atoms. The lowest BCUT2D eigenvalue weighted by molar-refractivity contribution is -0.138. The molecule has 0 fully saturated rings. The lowest BCUT2D eigenvalue weighted by Crippen LogP contribution is -2.19. The number of nitrogens with zero attached hydrogens (tertiary/aromatic N) is 2. The van der Waals surface area contributed by atoms with E-state index in [1.165, 1.54) is 24.4 Å². The minimum atomic E-state index is -1.22. The number of rotatable bonds is 8. The Kier molecular flexibility index (Phi) is 9.36. The summed E-state index contributed by atoms with van der Waals surface area (Å²) in [5.41, 5.74) is 7.78. The number of nitrogens with two attached hydrogens (primary N) is 1. The number of aromatic hydroxyl groups is 1. The molecule has 0 saturated carbocycles. The number of carbonyl (C=O) groups is 3. The van der Waals surface area contributed by atoms with Gasteiger partial charge in [0.25, 0.3) is 0 Å². The number of phenols is 1. The summed E-state index contributed by atoms with van der Waals surface area (Å²) in [6.07, 6.45) is 1.64. The first-order chi connectivity index (χ1) is 18.6. The van der Waals surface area contributed by atoms with Crippen LogP contribution in [0.5, 0.6) is 5.75 Å². The maximum absolute atomic E-state index is 12.3. The van der Waals surface area contributed by atoms with Gasteiger partial charge in [0.15, 0.2) is 0 Å². The van der Waals surface area contributed by atoms with Gasteiger partial charge in [0.1, 0.15) is 17.0 Å². The summed E-state index contributed by atoms with van der Waals surface area (Å²) >= 11 is 0. The molecule has 0 aliphatic rings. The molecular weight excluding hydrogens is 504 g/mol. The summed E-state index contributed by atoms with van der Waals surface area (Å²) < 4.78 is 1.70. The molecule has 6 N–H and O–H groups in total. The van der Waals surface area contributed by atoms with Gasteiger partial charge in [-0.3, -0.25) is 14.4 Å². The van der Waals surface area contributed by atoms with Gasteiger partial charge in [-0.05, 0) is 36.8 Å². The molecule has 0 aliphatic carbocycles. The van der Waals surface area contributed by atoms with E-state index < -0.39 is 23.3 Å². The van der Waals surface area contributed by atoms with E-state index in [0.29, 0.717) is 29.7 Å². The minimum absolute atomic E-state index is 0.140. The molecule has 1 amide bonds. The average Bonchev–Trinajstić information content (AvgIpc) is 2.90. The van der Waals surface area contributed by atoms with Gasteiger partial charge < -0.3 is 30.9 Å². The van der Waals surface area contributed by atoms with E-state index in [9.17, 15) is 24.3 Å². The molecule has 0 unspecified atom stereocenters. The third-order valence-corrected chi connectivity index (χ3v) is 5.64. The normalized spacial score (nSPS) is 10.4. The highest BCUT2D eigenvalue weighted by molar-refractivity contribution is 5.94. The Morgan fingerprint density at radius 3 is 2.33 bits per heavy atom. The Hall–Kier alpha value is -5.19. The number of phenolic OH excluding ortho intramolecular Hbond substituents is 1. The first kappa shape index (κ1) is 28.4. The number of nitrogens with one attached hydrogen (secondary N) is 1. The summed E-state index contributed by atoms with van der Waals surface area (Å²) in [4.78, 5) is 49.5. The maximum atomic E-state index is 12.3.